The molecule has 0 bridgehead atoms. The van der Waals surface area contributed by atoms with Gasteiger partial charge in [-0.15, -0.1) is 0 Å². The number of carbonyl (C=O) groups is 4. The highest BCUT2D eigenvalue weighted by molar-refractivity contribution is 7.86. The van der Waals surface area contributed by atoms with Gasteiger partial charge in [0.1, 0.15) is 28.5 Å². The van der Waals surface area contributed by atoms with Crippen LogP contribution in [0.2, 0.25) is 0 Å². The molecule has 50 heavy (non-hydrogen) atoms. The number of rotatable bonds is 9. The molecule has 3 amide bonds. The Morgan fingerprint density at radius 1 is 0.980 bits per heavy atom. The maximum absolute atomic E-state index is 14.3. The van der Waals surface area contributed by atoms with Crippen molar-refractivity contribution in [2.24, 2.45) is 0 Å². The van der Waals surface area contributed by atoms with Gasteiger partial charge in [-0.3, -0.25) is 18.7 Å². The summed E-state index contributed by atoms with van der Waals surface area (Å²) < 4.78 is 30.6. The molecule has 3 aliphatic heterocycles. The van der Waals surface area contributed by atoms with Crippen LogP contribution in [0.25, 0.3) is 0 Å². The molecule has 2 fully saturated rings. The molecule has 3 aromatic rings. The molecule has 3 aromatic carbocycles. The monoisotopic (exact) mass is 697 g/mol. The number of esters is 1. The van der Waals surface area contributed by atoms with E-state index in [9.17, 15) is 23.4 Å². The molecule has 1 N–H and O–H groups in total. The van der Waals surface area contributed by atoms with Crippen molar-refractivity contribution in [2.45, 2.75) is 56.9 Å². The van der Waals surface area contributed by atoms with Crippen LogP contribution in [0.15, 0.2) is 108 Å². The molecule has 1 unspecified atom stereocenters. The van der Waals surface area contributed by atoms with Gasteiger partial charge < -0.3 is 24.4 Å². The minimum Gasteiger partial charge on any atom is -0.497 e. The molecule has 6 rings (SSSR count). The predicted octanol–water partition coefficient (Wildman–Crippen LogP) is 4.76. The fraction of sp³-hybridized carbons (Fsp3) is 0.316. The summed E-state index contributed by atoms with van der Waals surface area (Å²) in [6.45, 7) is 5.86. The molecule has 12 heteroatoms. The van der Waals surface area contributed by atoms with E-state index in [2.05, 4.69) is 5.32 Å². The molecule has 0 radical (unpaired) electrons. The Kier molecular flexibility index (Phi) is 9.92. The van der Waals surface area contributed by atoms with Crippen LogP contribution in [0.3, 0.4) is 0 Å². The summed E-state index contributed by atoms with van der Waals surface area (Å²) in [5.41, 5.74) is 2.05. The van der Waals surface area contributed by atoms with Gasteiger partial charge in [-0.1, -0.05) is 72.8 Å². The number of hydrogen-bond donors (Lipinski definition) is 1. The Morgan fingerprint density at radius 3 is 2.26 bits per heavy atom. The Morgan fingerprint density at radius 2 is 1.64 bits per heavy atom. The Labute approximate surface area is 293 Å². The van der Waals surface area contributed by atoms with E-state index >= 15 is 0 Å². The lowest BCUT2D eigenvalue weighted by atomic mass is 10.00. The minimum atomic E-state index is -1.74. The van der Waals surface area contributed by atoms with Crippen LogP contribution in [-0.2, 0) is 41.2 Å². The number of β-lactam (4-membered cyclic amide) rings is 1. The van der Waals surface area contributed by atoms with Gasteiger partial charge in [-0.2, -0.15) is 0 Å². The molecule has 11 nitrogen and oxygen atoms in total. The van der Waals surface area contributed by atoms with Gasteiger partial charge in [0.2, 0.25) is 5.91 Å². The van der Waals surface area contributed by atoms with E-state index in [1.54, 1.807) is 38.9 Å². The summed E-state index contributed by atoms with van der Waals surface area (Å²) in [6, 6.07) is 24.7. The summed E-state index contributed by atoms with van der Waals surface area (Å²) in [5.74, 6) is -1.14. The third kappa shape index (κ3) is 7.35. The van der Waals surface area contributed by atoms with Crippen molar-refractivity contribution in [1.82, 2.24) is 15.1 Å². The first-order chi connectivity index (χ1) is 23.9. The third-order valence-electron chi connectivity index (χ3n) is 8.52. The molecule has 0 aliphatic carbocycles. The molecule has 2 saturated heterocycles. The fourth-order valence-electron chi connectivity index (χ4n) is 6.24. The maximum Gasteiger partial charge on any atom is 0.408 e. The number of nitrogens with zero attached hydrogens (tertiary/aromatic N) is 2. The number of nitrogens with one attached hydrogen (secondary N) is 1. The van der Waals surface area contributed by atoms with E-state index in [-0.39, 0.29) is 22.9 Å². The third-order valence-corrected chi connectivity index (χ3v) is 10.1. The predicted molar refractivity (Wildman–Crippen MR) is 186 cm³/mol. The second-order valence-corrected chi connectivity index (χ2v) is 14.8. The van der Waals surface area contributed by atoms with E-state index in [4.69, 9.17) is 14.2 Å². The number of hydrogen-bond acceptors (Lipinski definition) is 8. The van der Waals surface area contributed by atoms with Crippen molar-refractivity contribution in [3.05, 3.63) is 125 Å². The number of carbonyl (C=O) groups excluding carboxylic acids is 4. The molecular weight excluding hydrogens is 658 g/mol. The highest BCUT2D eigenvalue weighted by Crippen LogP contribution is 2.38. The molecule has 0 aromatic heterocycles. The number of likely N-dealkylation sites (tertiary alicyclic amines) is 1. The molecule has 3 aliphatic rings. The highest BCUT2D eigenvalue weighted by atomic mass is 32.2. The highest BCUT2D eigenvalue weighted by Gasteiger charge is 2.58. The van der Waals surface area contributed by atoms with Crippen molar-refractivity contribution < 1.29 is 37.6 Å². The SMILES string of the molecule is COc1cccc(CN2CC/C(=C\C3=C(C(=O)OC(c4ccccc4)c4ccccc4)N4C(=O)[C@@H](NC(=O)OC(C)(C)C)[C@H]4S(=O)C3)C2=O)c1. The number of fused-ring (bicyclic) bond motifs is 1. The van der Waals surface area contributed by atoms with E-state index in [0.717, 1.165) is 10.5 Å². The standard InChI is InChI=1S/C38H39N3O8S/c1-38(2,3)49-37(45)39-30-34(43)41-31(36(44)48-32(25-13-7-5-8-14-25)26-15-9-6-10-16-26)28(23-50(46)35(30)41)21-27-18-19-40(33(27)42)22-24-12-11-17-29(20-24)47-4/h5-17,20-21,30,32,35H,18-19,22-23H2,1-4H3,(H,39,45)/b27-21+/t30-,35-,50?/m1/s1. The number of amides is 3. The van der Waals surface area contributed by atoms with E-state index in [1.165, 1.54) is 0 Å². The maximum atomic E-state index is 14.3. The van der Waals surface area contributed by atoms with Crippen molar-refractivity contribution in [3.8, 4) is 5.75 Å². The van der Waals surface area contributed by atoms with Crippen molar-refractivity contribution in [1.29, 1.82) is 0 Å². The van der Waals surface area contributed by atoms with Crippen molar-refractivity contribution >= 4 is 34.7 Å². The summed E-state index contributed by atoms with van der Waals surface area (Å²) in [4.78, 5) is 57.1. The minimum absolute atomic E-state index is 0.106. The molecule has 3 atom stereocenters. The molecule has 0 spiro atoms. The number of alkyl carbamates (subject to hydrolysis) is 1. The van der Waals surface area contributed by atoms with Gasteiger partial charge in [0.05, 0.1) is 23.7 Å². The van der Waals surface area contributed by atoms with Crippen molar-refractivity contribution in [3.63, 3.8) is 0 Å². The Hall–Kier alpha value is -5.23. The van der Waals surface area contributed by atoms with Gasteiger partial charge in [0.25, 0.3) is 5.91 Å². The number of benzene rings is 3. The van der Waals surface area contributed by atoms with Crippen LogP contribution < -0.4 is 10.1 Å². The molecule has 3 heterocycles. The van der Waals surface area contributed by atoms with Crippen LogP contribution >= 0.6 is 0 Å². The number of ether oxygens (including phenoxy) is 3. The zero-order chi connectivity index (χ0) is 35.6. The lowest BCUT2D eigenvalue weighted by Gasteiger charge is -2.49. The first kappa shape index (κ1) is 34.6. The zero-order valence-electron chi connectivity index (χ0n) is 28.3. The van der Waals surface area contributed by atoms with Crippen molar-refractivity contribution in [2.75, 3.05) is 19.4 Å². The van der Waals surface area contributed by atoms with Gasteiger partial charge in [-0.25, -0.2) is 9.59 Å². The van der Waals surface area contributed by atoms with Crippen LogP contribution in [0.5, 0.6) is 5.75 Å². The Balaban J connectivity index is 1.34. The topological polar surface area (TPSA) is 132 Å². The summed E-state index contributed by atoms with van der Waals surface area (Å²) in [7, 11) is -0.160. The molecule has 0 saturated carbocycles. The average molecular weight is 698 g/mol. The van der Waals surface area contributed by atoms with Crippen LogP contribution in [0, 0.1) is 0 Å². The van der Waals surface area contributed by atoms with Crippen LogP contribution in [0.1, 0.15) is 50.0 Å². The Bertz CT molecular complexity index is 1850. The zero-order valence-corrected chi connectivity index (χ0v) is 29.1. The average Bonchev–Trinajstić information content (AvgIpc) is 3.43. The fourth-order valence-corrected chi connectivity index (χ4v) is 7.87. The van der Waals surface area contributed by atoms with Gasteiger partial charge in [0.15, 0.2) is 6.10 Å². The number of methoxy groups -OCH3 is 1. The largest absolute Gasteiger partial charge is 0.497 e. The summed E-state index contributed by atoms with van der Waals surface area (Å²) in [6.07, 6.45) is 0.295. The second-order valence-electron chi connectivity index (χ2n) is 13.2. The van der Waals surface area contributed by atoms with Crippen LogP contribution in [0.4, 0.5) is 4.79 Å². The smallest absolute Gasteiger partial charge is 0.408 e. The first-order valence-corrected chi connectivity index (χ1v) is 17.7. The van der Waals surface area contributed by atoms with Gasteiger partial charge in [0, 0.05) is 18.7 Å². The number of allylic oxidation sites excluding steroid dienone is 1. The second kappa shape index (κ2) is 14.3. The lowest BCUT2D eigenvalue weighted by molar-refractivity contribution is -0.153. The van der Waals surface area contributed by atoms with Gasteiger partial charge in [-0.05, 0) is 67.7 Å². The lowest BCUT2D eigenvalue weighted by Crippen LogP contribution is -2.73. The molecule has 260 valence electrons. The normalized spacial score (nSPS) is 21.2. The van der Waals surface area contributed by atoms with E-state index in [0.29, 0.717) is 42.0 Å². The first-order valence-electron chi connectivity index (χ1n) is 16.3. The summed E-state index contributed by atoms with van der Waals surface area (Å²) >= 11 is 0. The summed E-state index contributed by atoms with van der Waals surface area (Å²) in [5, 5.41) is 1.50. The van der Waals surface area contributed by atoms with Gasteiger partial charge >= 0.3 is 12.1 Å². The molecular formula is C38H39N3O8S. The van der Waals surface area contributed by atoms with E-state index < -0.39 is 51.9 Å². The van der Waals surface area contributed by atoms with E-state index in [1.807, 2.05) is 84.9 Å². The quantitative estimate of drug-likeness (QED) is 0.192. The van der Waals surface area contributed by atoms with Crippen LogP contribution in [-0.4, -0.2) is 74.3 Å².